The number of fused-ring (bicyclic) bond motifs is 1. The van der Waals surface area contributed by atoms with Crippen LogP contribution in [0.2, 0.25) is 0 Å². The lowest BCUT2D eigenvalue weighted by Gasteiger charge is -2.41. The summed E-state index contributed by atoms with van der Waals surface area (Å²) >= 11 is 0. The van der Waals surface area contributed by atoms with E-state index in [1.54, 1.807) is 7.11 Å². The van der Waals surface area contributed by atoms with Crippen molar-refractivity contribution in [3.05, 3.63) is 29.3 Å². The van der Waals surface area contributed by atoms with Crippen LogP contribution in [0.1, 0.15) is 44.4 Å². The monoisotopic (exact) mass is 276 g/mol. The van der Waals surface area contributed by atoms with Crippen LogP contribution in [0.25, 0.3) is 0 Å². The van der Waals surface area contributed by atoms with Gasteiger partial charge in [0.15, 0.2) is 0 Å². The van der Waals surface area contributed by atoms with Crippen molar-refractivity contribution in [3.8, 4) is 5.75 Å². The van der Waals surface area contributed by atoms with Crippen LogP contribution in [-0.4, -0.2) is 37.7 Å². The molecule has 2 rings (SSSR count). The number of hydrogen-bond donors (Lipinski definition) is 1. The molecule has 3 nitrogen and oxygen atoms in total. The van der Waals surface area contributed by atoms with Gasteiger partial charge in [0.2, 0.25) is 0 Å². The molecule has 0 saturated carbocycles. The number of nitrogens with zero attached hydrogens (tertiary/aromatic N) is 1. The van der Waals surface area contributed by atoms with Gasteiger partial charge in [-0.1, -0.05) is 13.0 Å². The van der Waals surface area contributed by atoms with Gasteiger partial charge in [0.25, 0.3) is 0 Å². The van der Waals surface area contributed by atoms with Gasteiger partial charge in [-0.3, -0.25) is 4.90 Å². The van der Waals surface area contributed by atoms with E-state index in [0.717, 1.165) is 18.7 Å². The van der Waals surface area contributed by atoms with Crippen molar-refractivity contribution in [2.45, 2.75) is 51.7 Å². The van der Waals surface area contributed by atoms with Crippen LogP contribution in [0.5, 0.6) is 5.75 Å². The van der Waals surface area contributed by atoms with Gasteiger partial charge in [-0.05, 0) is 63.5 Å². The summed E-state index contributed by atoms with van der Waals surface area (Å²) in [5, 5.41) is 3.68. The van der Waals surface area contributed by atoms with Gasteiger partial charge in [-0.15, -0.1) is 0 Å². The normalized spacial score (nSPS) is 22.1. The molecule has 0 heterocycles. The lowest BCUT2D eigenvalue weighted by molar-refractivity contribution is 0.140. The van der Waals surface area contributed by atoms with Crippen LogP contribution in [-0.2, 0) is 6.42 Å². The van der Waals surface area contributed by atoms with Gasteiger partial charge in [-0.2, -0.15) is 0 Å². The van der Waals surface area contributed by atoms with Crippen LogP contribution in [0.3, 0.4) is 0 Å². The summed E-state index contributed by atoms with van der Waals surface area (Å²) in [6.07, 6.45) is 2.34. The zero-order chi connectivity index (χ0) is 14.7. The van der Waals surface area contributed by atoms with Crippen molar-refractivity contribution >= 4 is 0 Å². The highest BCUT2D eigenvalue weighted by Crippen LogP contribution is 2.35. The Kier molecular flexibility index (Phi) is 5.06. The first-order valence-electron chi connectivity index (χ1n) is 7.70. The number of aryl methyl sites for hydroxylation is 1. The van der Waals surface area contributed by atoms with Crippen LogP contribution >= 0.6 is 0 Å². The van der Waals surface area contributed by atoms with E-state index < -0.39 is 0 Å². The molecular formula is C17H28N2O. The summed E-state index contributed by atoms with van der Waals surface area (Å²) in [7, 11) is 3.98. The van der Waals surface area contributed by atoms with Gasteiger partial charge in [0.1, 0.15) is 5.75 Å². The SMILES string of the molecule is CCNC1c2ccc(OC)cc2CCC1N(C)C(C)C. The van der Waals surface area contributed by atoms with E-state index in [9.17, 15) is 0 Å². The third-order valence-electron chi connectivity index (χ3n) is 4.54. The molecule has 1 aromatic carbocycles. The van der Waals surface area contributed by atoms with Gasteiger partial charge in [0.05, 0.1) is 7.11 Å². The Morgan fingerprint density at radius 1 is 1.40 bits per heavy atom. The predicted molar refractivity (Wildman–Crippen MR) is 84.4 cm³/mol. The third-order valence-corrected chi connectivity index (χ3v) is 4.54. The highest BCUT2D eigenvalue weighted by atomic mass is 16.5. The molecule has 20 heavy (non-hydrogen) atoms. The smallest absolute Gasteiger partial charge is 0.119 e. The lowest BCUT2D eigenvalue weighted by atomic mass is 9.82. The number of rotatable bonds is 5. The maximum atomic E-state index is 5.36. The second kappa shape index (κ2) is 6.59. The molecule has 0 radical (unpaired) electrons. The van der Waals surface area contributed by atoms with Crippen LogP contribution in [0, 0.1) is 0 Å². The largest absolute Gasteiger partial charge is 0.497 e. The van der Waals surface area contributed by atoms with Crippen LogP contribution < -0.4 is 10.1 Å². The molecule has 0 bridgehead atoms. The zero-order valence-electron chi connectivity index (χ0n) is 13.4. The highest BCUT2D eigenvalue weighted by Gasteiger charge is 2.32. The fourth-order valence-corrected chi connectivity index (χ4v) is 3.19. The molecule has 2 atom stereocenters. The fraction of sp³-hybridized carbons (Fsp3) is 0.647. The quantitative estimate of drug-likeness (QED) is 0.895. The summed E-state index contributed by atoms with van der Waals surface area (Å²) in [5.41, 5.74) is 2.88. The van der Waals surface area contributed by atoms with E-state index >= 15 is 0 Å². The second-order valence-electron chi connectivity index (χ2n) is 5.97. The number of likely N-dealkylation sites (N-methyl/N-ethyl adjacent to an activating group) is 2. The molecule has 2 unspecified atom stereocenters. The number of benzene rings is 1. The number of nitrogens with one attached hydrogen (secondary N) is 1. The fourth-order valence-electron chi connectivity index (χ4n) is 3.19. The van der Waals surface area contributed by atoms with Crippen LogP contribution in [0.4, 0.5) is 0 Å². The van der Waals surface area contributed by atoms with E-state index in [2.05, 4.69) is 56.2 Å². The summed E-state index contributed by atoms with van der Waals surface area (Å²) < 4.78 is 5.36. The van der Waals surface area contributed by atoms with E-state index in [4.69, 9.17) is 4.74 Å². The molecule has 1 aliphatic carbocycles. The first-order chi connectivity index (χ1) is 9.58. The molecule has 0 spiro atoms. The Balaban J connectivity index is 2.32. The minimum absolute atomic E-state index is 0.419. The van der Waals surface area contributed by atoms with Gasteiger partial charge in [-0.25, -0.2) is 0 Å². The third kappa shape index (κ3) is 2.99. The predicted octanol–water partition coefficient (Wildman–Crippen LogP) is 3.00. The first kappa shape index (κ1) is 15.3. The van der Waals surface area contributed by atoms with E-state index in [1.807, 2.05) is 0 Å². The Morgan fingerprint density at radius 2 is 2.15 bits per heavy atom. The van der Waals surface area contributed by atoms with Gasteiger partial charge >= 0.3 is 0 Å². The number of hydrogen-bond acceptors (Lipinski definition) is 3. The first-order valence-corrected chi connectivity index (χ1v) is 7.70. The number of methoxy groups -OCH3 is 1. The summed E-state index contributed by atoms with van der Waals surface area (Å²) in [6, 6.07) is 8.08. The van der Waals surface area contributed by atoms with Crippen molar-refractivity contribution in [2.24, 2.45) is 0 Å². The minimum Gasteiger partial charge on any atom is -0.497 e. The van der Waals surface area contributed by atoms with Gasteiger partial charge in [0, 0.05) is 18.1 Å². The van der Waals surface area contributed by atoms with Crippen molar-refractivity contribution in [2.75, 3.05) is 20.7 Å². The van der Waals surface area contributed by atoms with Crippen molar-refractivity contribution < 1.29 is 4.74 Å². The second-order valence-corrected chi connectivity index (χ2v) is 5.97. The molecule has 0 saturated heterocycles. The average Bonchev–Trinajstić information content (AvgIpc) is 2.46. The Labute approximate surface area is 123 Å². The Bertz CT molecular complexity index is 445. The minimum atomic E-state index is 0.419. The summed E-state index contributed by atoms with van der Waals surface area (Å²) in [6.45, 7) is 7.72. The molecule has 0 fully saturated rings. The highest BCUT2D eigenvalue weighted by molar-refractivity contribution is 5.40. The van der Waals surface area contributed by atoms with E-state index in [1.165, 1.54) is 17.5 Å². The van der Waals surface area contributed by atoms with Gasteiger partial charge < -0.3 is 10.1 Å². The molecule has 1 aromatic rings. The summed E-state index contributed by atoms with van der Waals surface area (Å²) in [4.78, 5) is 2.50. The average molecular weight is 276 g/mol. The molecule has 0 amide bonds. The molecule has 1 N–H and O–H groups in total. The molecule has 3 heteroatoms. The summed E-state index contributed by atoms with van der Waals surface area (Å²) in [5.74, 6) is 0.967. The van der Waals surface area contributed by atoms with Crippen LogP contribution in [0.15, 0.2) is 18.2 Å². The molecular weight excluding hydrogens is 248 g/mol. The van der Waals surface area contributed by atoms with Crippen molar-refractivity contribution in [1.82, 2.24) is 10.2 Å². The molecule has 1 aliphatic rings. The Morgan fingerprint density at radius 3 is 2.75 bits per heavy atom. The molecule has 112 valence electrons. The molecule has 0 aromatic heterocycles. The topological polar surface area (TPSA) is 24.5 Å². The van der Waals surface area contributed by atoms with Crippen molar-refractivity contribution in [3.63, 3.8) is 0 Å². The molecule has 0 aliphatic heterocycles. The van der Waals surface area contributed by atoms with Crippen molar-refractivity contribution in [1.29, 1.82) is 0 Å². The zero-order valence-corrected chi connectivity index (χ0v) is 13.4. The Hall–Kier alpha value is -1.06. The number of ether oxygens (including phenoxy) is 1. The maximum absolute atomic E-state index is 5.36. The lowest BCUT2D eigenvalue weighted by Crippen LogP contribution is -2.48. The van der Waals surface area contributed by atoms with E-state index in [-0.39, 0.29) is 0 Å². The standard InChI is InChI=1S/C17H28N2O/c1-6-18-17-15-9-8-14(20-5)11-13(15)7-10-16(17)19(4)12(2)3/h8-9,11-12,16-18H,6-7,10H2,1-5H3. The van der Waals surface area contributed by atoms with E-state index in [0.29, 0.717) is 18.1 Å². The maximum Gasteiger partial charge on any atom is 0.119 e.